The second kappa shape index (κ2) is 6.22. The minimum Gasteiger partial charge on any atom is -0.481 e. The number of carboxylic acids is 1. The summed E-state index contributed by atoms with van der Waals surface area (Å²) >= 11 is 0. The summed E-state index contributed by atoms with van der Waals surface area (Å²) in [6, 6.07) is 1.13. The van der Waals surface area contributed by atoms with Crippen LogP contribution in [0.4, 0.5) is 0 Å². The first-order chi connectivity index (χ1) is 6.84. The number of hydrogen-bond acceptors (Lipinski definition) is 1. The topological polar surface area (TPSA) is 46.1 Å². The van der Waals surface area contributed by atoms with Crippen molar-refractivity contribution < 1.29 is 14.5 Å². The third kappa shape index (κ3) is 5.88. The summed E-state index contributed by atoms with van der Waals surface area (Å²) in [6.45, 7) is 9.82. The molecule has 0 spiro atoms. The van der Waals surface area contributed by atoms with E-state index >= 15 is 0 Å². The Balaban J connectivity index is 0.000000423. The van der Waals surface area contributed by atoms with E-state index in [0.717, 1.165) is 6.92 Å². The minimum absolute atomic E-state index is 0.565. The maximum Gasteiger partial charge on any atom is 0.300 e. The summed E-state index contributed by atoms with van der Waals surface area (Å²) in [6.07, 6.45) is 6.38. The zero-order valence-electron chi connectivity index (χ0n) is 10.1. The van der Waals surface area contributed by atoms with Gasteiger partial charge in [0.05, 0.1) is 12.1 Å². The van der Waals surface area contributed by atoms with Gasteiger partial charge in [0.2, 0.25) is 6.33 Å². The van der Waals surface area contributed by atoms with Crippen LogP contribution in [-0.2, 0) is 4.79 Å². The molecular formula is C11H21N2O2+. The van der Waals surface area contributed by atoms with Crippen molar-refractivity contribution in [2.24, 2.45) is 0 Å². The summed E-state index contributed by atoms with van der Waals surface area (Å²) in [5, 5.41) is 7.42. The molecule has 1 N–H and O–H groups in total. The second-order valence-electron chi connectivity index (χ2n) is 4.01. The number of aliphatic carboxylic acids is 1. The van der Waals surface area contributed by atoms with Gasteiger partial charge in [-0.05, 0) is 27.7 Å². The number of carbonyl (C=O) groups is 1. The summed E-state index contributed by atoms with van der Waals surface area (Å²) in [5.41, 5.74) is 0. The van der Waals surface area contributed by atoms with Crippen LogP contribution >= 0.6 is 0 Å². The molecule has 0 atom stereocenters. The summed E-state index contributed by atoms with van der Waals surface area (Å²) < 4.78 is 4.42. The van der Waals surface area contributed by atoms with Crippen LogP contribution in [0.25, 0.3) is 0 Å². The van der Waals surface area contributed by atoms with Crippen molar-refractivity contribution in [3.63, 3.8) is 0 Å². The highest BCUT2D eigenvalue weighted by Gasteiger charge is 2.08. The van der Waals surface area contributed by atoms with E-state index in [-0.39, 0.29) is 0 Å². The van der Waals surface area contributed by atoms with Crippen molar-refractivity contribution in [3.8, 4) is 0 Å². The maximum atomic E-state index is 9.00. The molecule has 0 saturated carbocycles. The Labute approximate surface area is 91.2 Å². The zero-order chi connectivity index (χ0) is 12.0. The van der Waals surface area contributed by atoms with Crippen molar-refractivity contribution in [1.29, 1.82) is 0 Å². The molecule has 0 fully saturated rings. The van der Waals surface area contributed by atoms with Gasteiger partial charge in [0.1, 0.15) is 12.4 Å². The number of rotatable bonds is 2. The number of imidazole rings is 1. The largest absolute Gasteiger partial charge is 0.481 e. The maximum absolute atomic E-state index is 9.00. The molecule has 86 valence electrons. The molecule has 15 heavy (non-hydrogen) atoms. The standard InChI is InChI=1S/C9H17N2.C2H4O2/c1-8(2)10-5-6-11(7-10)9(3)4;1-2(3)4/h5-9H,1-4H3;1H3,(H,3,4)/q+1;. The van der Waals surface area contributed by atoms with Crippen molar-refractivity contribution in [2.75, 3.05) is 0 Å². The highest BCUT2D eigenvalue weighted by Crippen LogP contribution is 2.01. The van der Waals surface area contributed by atoms with Gasteiger partial charge in [-0.15, -0.1) is 0 Å². The number of nitrogens with zero attached hydrogens (tertiary/aromatic N) is 2. The highest BCUT2D eigenvalue weighted by molar-refractivity contribution is 5.62. The van der Waals surface area contributed by atoms with Gasteiger partial charge < -0.3 is 5.11 Å². The van der Waals surface area contributed by atoms with Gasteiger partial charge in [0.25, 0.3) is 5.97 Å². The normalized spacial score (nSPS) is 10.1. The summed E-state index contributed by atoms with van der Waals surface area (Å²) in [4.78, 5) is 9.00. The molecule has 0 radical (unpaired) electrons. The fourth-order valence-corrected chi connectivity index (χ4v) is 0.996. The first-order valence-corrected chi connectivity index (χ1v) is 5.12. The van der Waals surface area contributed by atoms with Crippen molar-refractivity contribution >= 4 is 5.97 Å². The molecule has 0 saturated heterocycles. The van der Waals surface area contributed by atoms with Crippen LogP contribution in [0.15, 0.2) is 18.7 Å². The molecule has 0 aromatic carbocycles. The fraction of sp³-hybridized carbons (Fsp3) is 0.636. The van der Waals surface area contributed by atoms with E-state index in [1.807, 2.05) is 0 Å². The molecule has 0 aliphatic carbocycles. The molecule has 1 aromatic heterocycles. The van der Waals surface area contributed by atoms with E-state index in [1.165, 1.54) is 0 Å². The zero-order valence-corrected chi connectivity index (χ0v) is 10.1. The smallest absolute Gasteiger partial charge is 0.300 e. The highest BCUT2D eigenvalue weighted by atomic mass is 16.4. The van der Waals surface area contributed by atoms with Crippen LogP contribution in [0.3, 0.4) is 0 Å². The summed E-state index contributed by atoms with van der Waals surface area (Å²) in [5.74, 6) is -0.833. The molecule has 0 bridgehead atoms. The van der Waals surface area contributed by atoms with Crippen molar-refractivity contribution in [1.82, 2.24) is 4.57 Å². The molecule has 4 heteroatoms. The lowest BCUT2D eigenvalue weighted by molar-refractivity contribution is -0.715. The molecule has 1 heterocycles. The van der Waals surface area contributed by atoms with Crippen LogP contribution in [0.1, 0.15) is 46.7 Å². The Kier molecular flexibility index (Phi) is 5.67. The Hall–Kier alpha value is -1.32. The number of aromatic nitrogens is 2. The average Bonchev–Trinajstić information content (AvgIpc) is 2.49. The predicted octanol–water partition coefficient (Wildman–Crippen LogP) is 2.03. The van der Waals surface area contributed by atoms with E-state index in [9.17, 15) is 0 Å². The van der Waals surface area contributed by atoms with Gasteiger partial charge in [0.15, 0.2) is 0 Å². The second-order valence-corrected chi connectivity index (χ2v) is 4.01. The SMILES string of the molecule is CC(=O)O.CC(C)n1cc[n+](C(C)C)c1. The third-order valence-corrected chi connectivity index (χ3v) is 1.87. The average molecular weight is 213 g/mol. The van der Waals surface area contributed by atoms with Crippen LogP contribution in [0, 0.1) is 0 Å². The van der Waals surface area contributed by atoms with Crippen LogP contribution in [-0.4, -0.2) is 15.6 Å². The molecule has 0 amide bonds. The van der Waals surface area contributed by atoms with Crippen molar-refractivity contribution in [2.45, 2.75) is 46.7 Å². The first kappa shape index (κ1) is 13.7. The quantitative estimate of drug-likeness (QED) is 0.764. The molecule has 0 aliphatic rings. The van der Waals surface area contributed by atoms with E-state index < -0.39 is 5.97 Å². The monoisotopic (exact) mass is 213 g/mol. The lowest BCUT2D eigenvalue weighted by Gasteiger charge is -1.99. The molecule has 1 rings (SSSR count). The summed E-state index contributed by atoms with van der Waals surface area (Å²) in [7, 11) is 0. The predicted molar refractivity (Wildman–Crippen MR) is 58.7 cm³/mol. The van der Waals surface area contributed by atoms with Crippen LogP contribution in [0.2, 0.25) is 0 Å². The lowest BCUT2D eigenvalue weighted by atomic mass is 10.4. The Morgan fingerprint density at radius 3 is 2.00 bits per heavy atom. The number of carboxylic acid groups (broad SMARTS) is 1. The van der Waals surface area contributed by atoms with Gasteiger partial charge in [-0.3, -0.25) is 4.79 Å². The van der Waals surface area contributed by atoms with E-state index in [2.05, 4.69) is 55.6 Å². The Morgan fingerprint density at radius 1 is 1.33 bits per heavy atom. The van der Waals surface area contributed by atoms with Gasteiger partial charge in [-0.2, -0.15) is 0 Å². The lowest BCUT2D eigenvalue weighted by Crippen LogP contribution is -2.33. The van der Waals surface area contributed by atoms with Gasteiger partial charge >= 0.3 is 0 Å². The van der Waals surface area contributed by atoms with Crippen LogP contribution in [0.5, 0.6) is 0 Å². The molecule has 0 aliphatic heterocycles. The molecule has 1 aromatic rings. The third-order valence-electron chi connectivity index (χ3n) is 1.87. The van der Waals surface area contributed by atoms with Gasteiger partial charge in [-0.25, -0.2) is 9.13 Å². The van der Waals surface area contributed by atoms with Crippen LogP contribution < -0.4 is 4.57 Å². The molecule has 4 nitrogen and oxygen atoms in total. The number of hydrogen-bond donors (Lipinski definition) is 1. The fourth-order valence-electron chi connectivity index (χ4n) is 0.996. The molecule has 0 unspecified atom stereocenters. The van der Waals surface area contributed by atoms with E-state index in [0.29, 0.717) is 12.1 Å². The Morgan fingerprint density at radius 2 is 1.80 bits per heavy atom. The van der Waals surface area contributed by atoms with Gasteiger partial charge in [-0.1, -0.05) is 0 Å². The first-order valence-electron chi connectivity index (χ1n) is 5.12. The molecular weight excluding hydrogens is 192 g/mol. The Bertz CT molecular complexity index is 277. The van der Waals surface area contributed by atoms with Crippen molar-refractivity contribution in [3.05, 3.63) is 18.7 Å². The van der Waals surface area contributed by atoms with E-state index in [1.54, 1.807) is 0 Å². The van der Waals surface area contributed by atoms with E-state index in [4.69, 9.17) is 9.90 Å². The minimum atomic E-state index is -0.833. The van der Waals surface area contributed by atoms with Gasteiger partial charge in [0, 0.05) is 6.92 Å².